The zero-order chi connectivity index (χ0) is 18.2. The molecule has 1 aromatic carbocycles. The van der Waals surface area contributed by atoms with Gasteiger partial charge >= 0.3 is 0 Å². The van der Waals surface area contributed by atoms with Crippen LogP contribution in [0.25, 0.3) is 11.5 Å². The summed E-state index contributed by atoms with van der Waals surface area (Å²) in [6.45, 7) is 0. The number of amides is 1. The summed E-state index contributed by atoms with van der Waals surface area (Å²) in [5.74, 6) is 0.575. The van der Waals surface area contributed by atoms with E-state index in [4.69, 9.17) is 8.94 Å². The summed E-state index contributed by atoms with van der Waals surface area (Å²) < 4.78 is 12.3. The Hall–Kier alpha value is -3.61. The van der Waals surface area contributed by atoms with E-state index in [1.54, 1.807) is 24.4 Å². The number of carbonyl (C=O) groups is 1. The molecule has 0 saturated heterocycles. The van der Waals surface area contributed by atoms with Gasteiger partial charge in [0.1, 0.15) is 0 Å². The first-order valence-corrected chi connectivity index (χ1v) is 8.69. The van der Waals surface area contributed by atoms with Crippen molar-refractivity contribution in [3.05, 3.63) is 77.9 Å². The lowest BCUT2D eigenvalue weighted by Gasteiger charge is -2.09. The predicted octanol–water partition coefficient (Wildman–Crippen LogP) is 3.72. The second-order valence-corrected chi connectivity index (χ2v) is 6.55. The van der Waals surface area contributed by atoms with Crippen LogP contribution in [0.1, 0.15) is 27.7 Å². The maximum absolute atomic E-state index is 12.4. The molecule has 1 aliphatic carbocycles. The molecule has 3 aromatic heterocycles. The van der Waals surface area contributed by atoms with Crippen LogP contribution in [0, 0.1) is 0 Å². The van der Waals surface area contributed by atoms with Crippen molar-refractivity contribution in [1.29, 1.82) is 0 Å². The smallest absolute Gasteiger partial charge is 0.277 e. The molecule has 7 heteroatoms. The molecule has 27 heavy (non-hydrogen) atoms. The second-order valence-electron chi connectivity index (χ2n) is 6.55. The highest BCUT2D eigenvalue weighted by molar-refractivity contribution is 6.03. The van der Waals surface area contributed by atoms with Crippen molar-refractivity contribution in [2.24, 2.45) is 0 Å². The molecule has 1 amide bonds. The third kappa shape index (κ3) is 2.93. The topological polar surface area (TPSA) is 86.1 Å². The lowest BCUT2D eigenvalue weighted by Crippen LogP contribution is -2.12. The summed E-state index contributed by atoms with van der Waals surface area (Å²) in [4.78, 5) is 12.4. The average Bonchev–Trinajstić information content (AvgIpc) is 3.47. The highest BCUT2D eigenvalue weighted by Gasteiger charge is 2.23. The molecule has 4 aromatic rings. The molecule has 0 fully saturated rings. The SMILES string of the molecule is O=C(Nc1cnn(C2Cc3ccccc3C2)c1)c1cc(-c2ccco2)on1. The zero-order valence-corrected chi connectivity index (χ0v) is 14.3. The van der Waals surface area contributed by atoms with E-state index in [1.807, 2.05) is 10.9 Å². The van der Waals surface area contributed by atoms with Crippen molar-refractivity contribution in [3.8, 4) is 11.5 Å². The van der Waals surface area contributed by atoms with Crippen LogP contribution < -0.4 is 5.32 Å². The first kappa shape index (κ1) is 15.6. The third-order valence-corrected chi connectivity index (χ3v) is 4.77. The Labute approximate surface area is 154 Å². The van der Waals surface area contributed by atoms with Gasteiger partial charge in [0.2, 0.25) is 5.76 Å². The molecule has 0 radical (unpaired) electrons. The van der Waals surface area contributed by atoms with Gasteiger partial charge in [-0.15, -0.1) is 0 Å². The van der Waals surface area contributed by atoms with E-state index in [9.17, 15) is 4.79 Å². The summed E-state index contributed by atoms with van der Waals surface area (Å²) >= 11 is 0. The summed E-state index contributed by atoms with van der Waals surface area (Å²) in [6.07, 6.45) is 6.92. The molecule has 0 saturated carbocycles. The fraction of sp³-hybridized carbons (Fsp3) is 0.150. The molecule has 134 valence electrons. The van der Waals surface area contributed by atoms with Crippen molar-refractivity contribution < 1.29 is 13.7 Å². The van der Waals surface area contributed by atoms with Crippen LogP contribution in [0.2, 0.25) is 0 Å². The van der Waals surface area contributed by atoms with Crippen molar-refractivity contribution in [2.45, 2.75) is 18.9 Å². The molecular formula is C20H16N4O3. The van der Waals surface area contributed by atoms with Crippen molar-refractivity contribution >= 4 is 11.6 Å². The number of rotatable bonds is 4. The normalized spacial score (nSPS) is 13.6. The summed E-state index contributed by atoms with van der Waals surface area (Å²) in [5, 5.41) is 11.0. The van der Waals surface area contributed by atoms with Crippen LogP contribution in [-0.2, 0) is 12.8 Å². The lowest BCUT2D eigenvalue weighted by molar-refractivity contribution is 0.101. The maximum Gasteiger partial charge on any atom is 0.277 e. The van der Waals surface area contributed by atoms with Crippen molar-refractivity contribution in [3.63, 3.8) is 0 Å². The first-order valence-electron chi connectivity index (χ1n) is 8.69. The number of carbonyl (C=O) groups excluding carboxylic acids is 1. The van der Waals surface area contributed by atoms with Crippen LogP contribution in [0.3, 0.4) is 0 Å². The largest absolute Gasteiger partial charge is 0.461 e. The molecule has 7 nitrogen and oxygen atoms in total. The number of aromatic nitrogens is 3. The Kier molecular flexibility index (Phi) is 3.64. The number of benzene rings is 1. The Bertz CT molecular complexity index is 1070. The summed E-state index contributed by atoms with van der Waals surface area (Å²) in [5.41, 5.74) is 3.52. The number of nitrogens with one attached hydrogen (secondary N) is 1. The standard InChI is InChI=1S/C20H16N4O3/c25-20(17-10-19(27-23-17)18-6-3-7-26-18)22-15-11-21-24(12-15)16-8-13-4-1-2-5-14(13)9-16/h1-7,10-12,16H,8-9H2,(H,22,25). The van der Waals surface area contributed by atoms with Crippen molar-refractivity contribution in [2.75, 3.05) is 5.32 Å². The van der Waals surface area contributed by atoms with E-state index < -0.39 is 0 Å². The fourth-order valence-electron chi connectivity index (χ4n) is 3.44. The Morgan fingerprint density at radius 2 is 1.93 bits per heavy atom. The van der Waals surface area contributed by atoms with E-state index >= 15 is 0 Å². The van der Waals surface area contributed by atoms with Gasteiger partial charge in [0, 0.05) is 12.3 Å². The molecule has 5 rings (SSSR count). The number of furan rings is 1. The van der Waals surface area contributed by atoms with Gasteiger partial charge in [-0.05, 0) is 36.1 Å². The number of hydrogen-bond donors (Lipinski definition) is 1. The summed E-state index contributed by atoms with van der Waals surface area (Å²) in [7, 11) is 0. The molecule has 0 atom stereocenters. The van der Waals surface area contributed by atoms with Crippen LogP contribution in [0.15, 0.2) is 70.1 Å². The van der Waals surface area contributed by atoms with E-state index in [0.29, 0.717) is 17.2 Å². The maximum atomic E-state index is 12.4. The van der Waals surface area contributed by atoms with Gasteiger partial charge in [-0.1, -0.05) is 29.4 Å². The predicted molar refractivity (Wildman–Crippen MR) is 97.3 cm³/mol. The monoisotopic (exact) mass is 360 g/mol. The highest BCUT2D eigenvalue weighted by Crippen LogP contribution is 2.30. The first-order chi connectivity index (χ1) is 13.3. The van der Waals surface area contributed by atoms with E-state index in [1.165, 1.54) is 17.4 Å². The van der Waals surface area contributed by atoms with Gasteiger partial charge < -0.3 is 14.3 Å². The molecule has 0 bridgehead atoms. The molecule has 0 unspecified atom stereocenters. The van der Waals surface area contributed by atoms with Gasteiger partial charge in [-0.2, -0.15) is 5.10 Å². The van der Waals surface area contributed by atoms with E-state index in [-0.39, 0.29) is 17.6 Å². The third-order valence-electron chi connectivity index (χ3n) is 4.77. The van der Waals surface area contributed by atoms with Crippen LogP contribution in [0.5, 0.6) is 0 Å². The van der Waals surface area contributed by atoms with E-state index in [0.717, 1.165) is 12.8 Å². The van der Waals surface area contributed by atoms with Gasteiger partial charge in [0.05, 0.1) is 24.2 Å². The Morgan fingerprint density at radius 1 is 1.11 bits per heavy atom. The van der Waals surface area contributed by atoms with E-state index in [2.05, 4.69) is 39.8 Å². The lowest BCUT2D eigenvalue weighted by atomic mass is 10.1. The minimum Gasteiger partial charge on any atom is -0.461 e. The van der Waals surface area contributed by atoms with Crippen LogP contribution >= 0.6 is 0 Å². The summed E-state index contributed by atoms with van der Waals surface area (Å²) in [6, 6.07) is 13.7. The number of hydrogen-bond acceptors (Lipinski definition) is 5. The molecule has 0 aliphatic heterocycles. The average molecular weight is 360 g/mol. The molecule has 1 N–H and O–H groups in total. The zero-order valence-electron chi connectivity index (χ0n) is 14.3. The quantitative estimate of drug-likeness (QED) is 0.599. The Balaban J connectivity index is 1.28. The minimum atomic E-state index is -0.356. The Morgan fingerprint density at radius 3 is 2.67 bits per heavy atom. The minimum absolute atomic E-state index is 0.183. The number of fused-ring (bicyclic) bond motifs is 1. The van der Waals surface area contributed by atoms with Crippen LogP contribution in [-0.4, -0.2) is 20.8 Å². The fourth-order valence-corrected chi connectivity index (χ4v) is 3.44. The number of anilines is 1. The van der Waals surface area contributed by atoms with Crippen LogP contribution in [0.4, 0.5) is 5.69 Å². The van der Waals surface area contributed by atoms with Gasteiger partial charge in [-0.3, -0.25) is 9.48 Å². The molecular weight excluding hydrogens is 344 g/mol. The van der Waals surface area contributed by atoms with Gasteiger partial charge in [-0.25, -0.2) is 0 Å². The molecule has 0 spiro atoms. The highest BCUT2D eigenvalue weighted by atomic mass is 16.5. The second kappa shape index (κ2) is 6.28. The van der Waals surface area contributed by atoms with Crippen molar-refractivity contribution in [1.82, 2.24) is 14.9 Å². The molecule has 3 heterocycles. The van der Waals surface area contributed by atoms with Gasteiger partial charge in [0.25, 0.3) is 5.91 Å². The molecule has 1 aliphatic rings. The number of nitrogens with zero attached hydrogens (tertiary/aromatic N) is 3. The van der Waals surface area contributed by atoms with Gasteiger partial charge in [0.15, 0.2) is 11.5 Å².